The molecule has 0 aliphatic heterocycles. The molecule has 31 heavy (non-hydrogen) atoms. The molecule has 172 valence electrons. The highest BCUT2D eigenvalue weighted by Gasteiger charge is 2.27. The normalized spacial score (nSPS) is 12.8. The number of benzene rings is 2. The van der Waals surface area contributed by atoms with Gasteiger partial charge in [0, 0.05) is 24.8 Å². The van der Waals surface area contributed by atoms with Crippen LogP contribution >= 0.6 is 0 Å². The van der Waals surface area contributed by atoms with Crippen molar-refractivity contribution in [2.45, 2.75) is 97.8 Å². The second-order valence-electron chi connectivity index (χ2n) is 12.2. The zero-order valence-electron chi connectivity index (χ0n) is 21.7. The van der Waals surface area contributed by atoms with Gasteiger partial charge in [0.1, 0.15) is 5.75 Å². The summed E-state index contributed by atoms with van der Waals surface area (Å²) < 4.78 is 0. The molecule has 2 nitrogen and oxygen atoms in total. The van der Waals surface area contributed by atoms with E-state index in [1.54, 1.807) is 0 Å². The van der Waals surface area contributed by atoms with Crippen LogP contribution in [0.5, 0.6) is 5.75 Å². The summed E-state index contributed by atoms with van der Waals surface area (Å²) in [5.74, 6) is 0.494. The van der Waals surface area contributed by atoms with Crippen molar-refractivity contribution in [3.8, 4) is 5.75 Å². The lowest BCUT2D eigenvalue weighted by Gasteiger charge is -2.29. The summed E-state index contributed by atoms with van der Waals surface area (Å²) in [5.41, 5.74) is 6.14. The molecular formula is C29H45NO. The summed E-state index contributed by atoms with van der Waals surface area (Å²) in [4.78, 5) is 2.34. The maximum Gasteiger partial charge on any atom is 0.123 e. The Balaban J connectivity index is 2.04. The van der Waals surface area contributed by atoms with Gasteiger partial charge in [0.25, 0.3) is 0 Å². The van der Waals surface area contributed by atoms with E-state index in [9.17, 15) is 5.11 Å². The van der Waals surface area contributed by atoms with Gasteiger partial charge in [0.05, 0.1) is 0 Å². The molecule has 1 N–H and O–H groups in total. The maximum atomic E-state index is 11.1. The molecule has 0 bridgehead atoms. The smallest absolute Gasteiger partial charge is 0.123 e. The number of aromatic hydroxyl groups is 1. The van der Waals surface area contributed by atoms with E-state index in [0.29, 0.717) is 5.75 Å². The molecule has 0 aliphatic rings. The summed E-state index contributed by atoms with van der Waals surface area (Å²) in [7, 11) is 2.18. The lowest BCUT2D eigenvalue weighted by molar-refractivity contribution is 0.421. The SMILES string of the molecule is CN(CCCCc1ccc(C(C)(C)C)c(O)c1C(C)(C)C)c1ccc(C(C)(C)C)cc1. The van der Waals surface area contributed by atoms with Crippen LogP contribution in [-0.2, 0) is 22.7 Å². The molecule has 2 heteroatoms. The lowest BCUT2D eigenvalue weighted by atomic mass is 9.76. The number of nitrogens with zero attached hydrogens (tertiary/aromatic N) is 1. The molecule has 0 aliphatic carbocycles. The van der Waals surface area contributed by atoms with Crippen molar-refractivity contribution in [2.24, 2.45) is 0 Å². The Morgan fingerprint density at radius 1 is 0.710 bits per heavy atom. The van der Waals surface area contributed by atoms with Gasteiger partial charge < -0.3 is 10.0 Å². The summed E-state index contributed by atoms with van der Waals surface area (Å²) in [5, 5.41) is 11.1. The van der Waals surface area contributed by atoms with E-state index in [4.69, 9.17) is 0 Å². The van der Waals surface area contributed by atoms with Crippen LogP contribution in [0.2, 0.25) is 0 Å². The van der Waals surface area contributed by atoms with Gasteiger partial charge in [-0.3, -0.25) is 0 Å². The van der Waals surface area contributed by atoms with Crippen LogP contribution < -0.4 is 4.90 Å². The average molecular weight is 424 g/mol. The molecule has 0 fully saturated rings. The third kappa shape index (κ3) is 6.51. The van der Waals surface area contributed by atoms with Crippen molar-refractivity contribution in [2.75, 3.05) is 18.5 Å². The molecular weight excluding hydrogens is 378 g/mol. The first kappa shape index (κ1) is 25.3. The summed E-state index contributed by atoms with van der Waals surface area (Å²) in [6.45, 7) is 20.9. The van der Waals surface area contributed by atoms with Crippen molar-refractivity contribution in [1.82, 2.24) is 0 Å². The predicted molar refractivity (Wildman–Crippen MR) is 137 cm³/mol. The van der Waals surface area contributed by atoms with E-state index in [1.165, 1.54) is 16.8 Å². The van der Waals surface area contributed by atoms with Gasteiger partial charge in [-0.1, -0.05) is 86.6 Å². The van der Waals surface area contributed by atoms with Crippen LogP contribution in [0.15, 0.2) is 36.4 Å². The first-order chi connectivity index (χ1) is 14.1. The fourth-order valence-corrected chi connectivity index (χ4v) is 4.29. The topological polar surface area (TPSA) is 23.5 Å². The number of unbranched alkanes of at least 4 members (excludes halogenated alkanes) is 1. The first-order valence-electron chi connectivity index (χ1n) is 11.8. The Morgan fingerprint density at radius 3 is 1.77 bits per heavy atom. The van der Waals surface area contributed by atoms with Crippen LogP contribution in [0.1, 0.15) is 97.4 Å². The van der Waals surface area contributed by atoms with Crippen molar-refractivity contribution < 1.29 is 5.11 Å². The second kappa shape index (κ2) is 9.27. The molecule has 2 aromatic carbocycles. The average Bonchev–Trinajstić information content (AvgIpc) is 2.62. The number of hydrogen-bond donors (Lipinski definition) is 1. The highest BCUT2D eigenvalue weighted by Crippen LogP contribution is 2.41. The quantitative estimate of drug-likeness (QED) is 0.480. The van der Waals surface area contributed by atoms with Gasteiger partial charge in [0.2, 0.25) is 0 Å². The zero-order valence-corrected chi connectivity index (χ0v) is 21.7. The zero-order chi connectivity index (χ0) is 23.6. The van der Waals surface area contributed by atoms with Gasteiger partial charge >= 0.3 is 0 Å². The first-order valence-corrected chi connectivity index (χ1v) is 11.8. The highest BCUT2D eigenvalue weighted by atomic mass is 16.3. The second-order valence-corrected chi connectivity index (χ2v) is 12.2. The standard InChI is InChI=1S/C29H45NO/c1-27(2,3)22-15-17-23(18-16-22)30(10)20-12-11-13-21-14-19-24(28(4,5)6)26(31)25(21)29(7,8)9/h14-19,31H,11-13,20H2,1-10H3. The highest BCUT2D eigenvalue weighted by molar-refractivity contribution is 5.52. The molecule has 0 heterocycles. The van der Waals surface area contributed by atoms with E-state index in [1.807, 2.05) is 0 Å². The Labute approximate surface area is 191 Å². The molecule has 0 saturated heterocycles. The van der Waals surface area contributed by atoms with Gasteiger partial charge in [-0.25, -0.2) is 0 Å². The van der Waals surface area contributed by atoms with E-state index in [-0.39, 0.29) is 16.2 Å². The molecule has 0 unspecified atom stereocenters. The number of rotatable bonds is 6. The molecule has 0 radical (unpaired) electrons. The van der Waals surface area contributed by atoms with Crippen molar-refractivity contribution >= 4 is 5.69 Å². The van der Waals surface area contributed by atoms with Crippen LogP contribution in [0.3, 0.4) is 0 Å². The summed E-state index contributed by atoms with van der Waals surface area (Å²) in [6.07, 6.45) is 3.24. The van der Waals surface area contributed by atoms with E-state index in [2.05, 4.69) is 111 Å². The lowest BCUT2D eigenvalue weighted by Crippen LogP contribution is -2.20. The van der Waals surface area contributed by atoms with Crippen LogP contribution in [-0.4, -0.2) is 18.7 Å². The van der Waals surface area contributed by atoms with Gasteiger partial charge in [0.15, 0.2) is 0 Å². The fraction of sp³-hybridized carbons (Fsp3) is 0.586. The number of hydrogen-bond acceptors (Lipinski definition) is 2. The Bertz CT molecular complexity index is 858. The third-order valence-electron chi connectivity index (χ3n) is 6.19. The van der Waals surface area contributed by atoms with E-state index < -0.39 is 0 Å². The largest absolute Gasteiger partial charge is 0.507 e. The minimum Gasteiger partial charge on any atom is -0.507 e. The van der Waals surface area contributed by atoms with E-state index in [0.717, 1.165) is 36.9 Å². The Hall–Kier alpha value is -1.96. The van der Waals surface area contributed by atoms with Crippen LogP contribution in [0, 0.1) is 0 Å². The van der Waals surface area contributed by atoms with Crippen molar-refractivity contribution in [3.63, 3.8) is 0 Å². The molecule has 0 aromatic heterocycles. The Kier molecular flexibility index (Phi) is 7.56. The molecule has 0 saturated carbocycles. The number of anilines is 1. The molecule has 0 spiro atoms. The summed E-state index contributed by atoms with van der Waals surface area (Å²) >= 11 is 0. The third-order valence-corrected chi connectivity index (χ3v) is 6.19. The van der Waals surface area contributed by atoms with Gasteiger partial charge in [-0.05, 0) is 64.3 Å². The maximum absolute atomic E-state index is 11.1. The summed E-state index contributed by atoms with van der Waals surface area (Å²) in [6, 6.07) is 13.4. The van der Waals surface area contributed by atoms with Crippen LogP contribution in [0.25, 0.3) is 0 Å². The number of phenols is 1. The molecule has 0 amide bonds. The molecule has 2 rings (SSSR count). The fourth-order valence-electron chi connectivity index (χ4n) is 4.29. The predicted octanol–water partition coefficient (Wildman–Crippen LogP) is 7.74. The molecule has 0 atom stereocenters. The molecule has 2 aromatic rings. The Morgan fingerprint density at radius 2 is 1.29 bits per heavy atom. The monoisotopic (exact) mass is 423 g/mol. The minimum absolute atomic E-state index is 0.0616. The number of phenolic OH excluding ortho intramolecular Hbond substituents is 1. The van der Waals surface area contributed by atoms with Crippen LogP contribution in [0.4, 0.5) is 5.69 Å². The van der Waals surface area contributed by atoms with E-state index >= 15 is 0 Å². The van der Waals surface area contributed by atoms with Gasteiger partial charge in [-0.2, -0.15) is 0 Å². The number of aryl methyl sites for hydroxylation is 1. The minimum atomic E-state index is -0.0771. The van der Waals surface area contributed by atoms with Gasteiger partial charge in [-0.15, -0.1) is 0 Å². The van der Waals surface area contributed by atoms with Crippen molar-refractivity contribution in [3.05, 3.63) is 58.7 Å². The van der Waals surface area contributed by atoms with Crippen molar-refractivity contribution in [1.29, 1.82) is 0 Å².